The van der Waals surface area contributed by atoms with E-state index in [0.717, 1.165) is 57.8 Å². The average molecular weight is 1050 g/mol. The topological polar surface area (TPSA) is 78.9 Å². The summed E-state index contributed by atoms with van der Waals surface area (Å²) < 4.78 is 16.9. The van der Waals surface area contributed by atoms with Gasteiger partial charge in [0.1, 0.15) is 13.2 Å². The highest BCUT2D eigenvalue weighted by atomic mass is 16.6. The summed E-state index contributed by atoms with van der Waals surface area (Å²) in [4.78, 5) is 38.3. The average Bonchev–Trinajstić information content (AvgIpc) is 3.40. The van der Waals surface area contributed by atoms with Gasteiger partial charge in [0.2, 0.25) is 0 Å². The molecule has 0 radical (unpaired) electrons. The maximum absolute atomic E-state index is 12.9. The maximum atomic E-state index is 12.9. The van der Waals surface area contributed by atoms with Gasteiger partial charge in [-0.2, -0.15) is 0 Å². The summed E-state index contributed by atoms with van der Waals surface area (Å²) in [6.45, 7) is 6.72. The summed E-state index contributed by atoms with van der Waals surface area (Å²) in [5, 5.41) is 0. The van der Waals surface area contributed by atoms with Crippen LogP contribution in [0.1, 0.15) is 400 Å². The van der Waals surface area contributed by atoms with Gasteiger partial charge in [-0.05, 0) is 19.3 Å². The summed E-state index contributed by atoms with van der Waals surface area (Å²) in [5.41, 5.74) is 0. The lowest BCUT2D eigenvalue weighted by Crippen LogP contribution is -2.30. The SMILES string of the molecule is CCCCCCCCCCCCCCCCCCCCCCCCCCCC(=O)OCC(COC(=O)CCCCCCCCCCCC)OC(=O)CCCCCCCCCCCCCCCCCCCCCCC. The first-order valence-electron chi connectivity index (χ1n) is 34.0. The maximum Gasteiger partial charge on any atom is 0.306 e. The van der Waals surface area contributed by atoms with Crippen molar-refractivity contribution in [2.45, 2.75) is 406 Å². The van der Waals surface area contributed by atoms with Crippen molar-refractivity contribution in [3.8, 4) is 0 Å². The van der Waals surface area contributed by atoms with Crippen LogP contribution in [0, 0.1) is 0 Å². The predicted octanol–water partition coefficient (Wildman–Crippen LogP) is 23.1. The fourth-order valence-corrected chi connectivity index (χ4v) is 10.7. The Labute approximate surface area is 463 Å². The highest BCUT2D eigenvalue weighted by molar-refractivity contribution is 5.71. The smallest absolute Gasteiger partial charge is 0.306 e. The number of hydrogen-bond acceptors (Lipinski definition) is 6. The first-order chi connectivity index (χ1) is 36.5. The lowest BCUT2D eigenvalue weighted by Gasteiger charge is -2.18. The van der Waals surface area contributed by atoms with Crippen LogP contribution in [-0.2, 0) is 28.6 Å². The Kier molecular flexibility index (Phi) is 62.6. The normalized spacial score (nSPS) is 11.9. The number of ether oxygens (including phenoxy) is 3. The molecule has 0 bridgehead atoms. The van der Waals surface area contributed by atoms with Gasteiger partial charge in [-0.1, -0.05) is 361 Å². The van der Waals surface area contributed by atoms with Crippen LogP contribution >= 0.6 is 0 Å². The molecule has 0 spiro atoms. The van der Waals surface area contributed by atoms with E-state index in [1.54, 1.807) is 0 Å². The van der Waals surface area contributed by atoms with Crippen LogP contribution in [0.25, 0.3) is 0 Å². The van der Waals surface area contributed by atoms with Gasteiger partial charge < -0.3 is 14.2 Å². The minimum absolute atomic E-state index is 0.0607. The van der Waals surface area contributed by atoms with Gasteiger partial charge in [-0.25, -0.2) is 0 Å². The molecule has 6 heteroatoms. The minimum Gasteiger partial charge on any atom is -0.462 e. The molecule has 0 aliphatic carbocycles. The van der Waals surface area contributed by atoms with Crippen LogP contribution in [0.4, 0.5) is 0 Å². The Balaban J connectivity index is 4.12. The molecule has 1 unspecified atom stereocenters. The van der Waals surface area contributed by atoms with Crippen LogP contribution in [0.2, 0.25) is 0 Å². The molecule has 74 heavy (non-hydrogen) atoms. The van der Waals surface area contributed by atoms with E-state index in [9.17, 15) is 14.4 Å². The molecule has 0 aromatic carbocycles. The van der Waals surface area contributed by atoms with Crippen LogP contribution in [0.15, 0.2) is 0 Å². The zero-order chi connectivity index (χ0) is 53.6. The van der Waals surface area contributed by atoms with Gasteiger partial charge in [-0.3, -0.25) is 14.4 Å². The second-order valence-corrected chi connectivity index (χ2v) is 23.5. The van der Waals surface area contributed by atoms with Crippen molar-refractivity contribution < 1.29 is 28.6 Å². The standard InChI is InChI=1S/C68H132O6/c1-4-7-10-13-16-19-22-24-26-28-30-32-33-34-35-37-38-40-42-44-46-49-52-55-58-61-67(70)73-64-65(63-72-66(69)60-57-54-51-48-21-18-15-12-9-6-3)74-68(71)62-59-56-53-50-47-45-43-41-39-36-31-29-27-25-23-20-17-14-11-8-5-2/h65H,4-64H2,1-3H3. The summed E-state index contributed by atoms with van der Waals surface area (Å²) in [6.07, 6.45) is 74.2. The number of unbranched alkanes of at least 4 members (excludes halogenated alkanes) is 53. The third-order valence-electron chi connectivity index (χ3n) is 15.9. The molecule has 1 atom stereocenters. The largest absolute Gasteiger partial charge is 0.462 e. The van der Waals surface area contributed by atoms with Crippen molar-refractivity contribution in [1.29, 1.82) is 0 Å². The zero-order valence-electron chi connectivity index (χ0n) is 50.7. The van der Waals surface area contributed by atoms with Crippen LogP contribution in [0.5, 0.6) is 0 Å². The molecule has 0 saturated carbocycles. The molecule has 0 aliphatic rings. The van der Waals surface area contributed by atoms with Gasteiger partial charge in [0, 0.05) is 19.3 Å². The molecule has 0 aliphatic heterocycles. The van der Waals surface area contributed by atoms with Crippen molar-refractivity contribution in [1.82, 2.24) is 0 Å². The number of rotatable bonds is 64. The first-order valence-corrected chi connectivity index (χ1v) is 34.0. The summed E-state index contributed by atoms with van der Waals surface area (Å²) in [7, 11) is 0. The molecular weight excluding hydrogens is 913 g/mol. The lowest BCUT2D eigenvalue weighted by molar-refractivity contribution is -0.167. The quantitative estimate of drug-likeness (QED) is 0.0343. The molecule has 0 heterocycles. The van der Waals surface area contributed by atoms with Gasteiger partial charge in [0.15, 0.2) is 6.10 Å². The molecule has 6 nitrogen and oxygen atoms in total. The Bertz CT molecular complexity index is 1110. The monoisotopic (exact) mass is 1050 g/mol. The second kappa shape index (κ2) is 63.9. The third-order valence-corrected chi connectivity index (χ3v) is 15.9. The Morgan fingerprint density at radius 1 is 0.216 bits per heavy atom. The molecule has 0 rings (SSSR count). The first kappa shape index (κ1) is 72.4. The molecule has 440 valence electrons. The molecule has 0 aromatic heterocycles. The van der Waals surface area contributed by atoms with Crippen LogP contribution < -0.4 is 0 Å². The predicted molar refractivity (Wildman–Crippen MR) is 321 cm³/mol. The second-order valence-electron chi connectivity index (χ2n) is 23.5. The van der Waals surface area contributed by atoms with Gasteiger partial charge in [0.25, 0.3) is 0 Å². The number of hydrogen-bond donors (Lipinski definition) is 0. The third kappa shape index (κ3) is 61.3. The molecule has 0 aromatic rings. The van der Waals surface area contributed by atoms with Crippen molar-refractivity contribution in [3.05, 3.63) is 0 Å². The van der Waals surface area contributed by atoms with Gasteiger partial charge in [0.05, 0.1) is 0 Å². The number of carbonyl (C=O) groups excluding carboxylic acids is 3. The Hall–Kier alpha value is -1.59. The van der Waals surface area contributed by atoms with Gasteiger partial charge >= 0.3 is 17.9 Å². The fraction of sp³-hybridized carbons (Fsp3) is 0.956. The molecule has 0 amide bonds. The van der Waals surface area contributed by atoms with E-state index < -0.39 is 6.10 Å². The Morgan fingerprint density at radius 3 is 0.541 bits per heavy atom. The number of carbonyl (C=O) groups is 3. The van der Waals surface area contributed by atoms with E-state index in [1.165, 1.54) is 302 Å². The minimum atomic E-state index is -0.762. The number of esters is 3. The van der Waals surface area contributed by atoms with Crippen molar-refractivity contribution in [2.75, 3.05) is 13.2 Å². The molecule has 0 N–H and O–H groups in total. The van der Waals surface area contributed by atoms with Crippen molar-refractivity contribution >= 4 is 17.9 Å². The van der Waals surface area contributed by atoms with E-state index in [1.807, 2.05) is 0 Å². The van der Waals surface area contributed by atoms with E-state index >= 15 is 0 Å². The fourth-order valence-electron chi connectivity index (χ4n) is 10.7. The molecule has 0 saturated heterocycles. The van der Waals surface area contributed by atoms with E-state index in [2.05, 4.69) is 20.8 Å². The lowest BCUT2D eigenvalue weighted by atomic mass is 10.0. The molecular formula is C68H132O6. The van der Waals surface area contributed by atoms with E-state index in [-0.39, 0.29) is 31.1 Å². The highest BCUT2D eigenvalue weighted by Crippen LogP contribution is 2.19. The van der Waals surface area contributed by atoms with E-state index in [0.29, 0.717) is 19.3 Å². The summed E-state index contributed by atoms with van der Waals surface area (Å²) in [5.74, 6) is -0.826. The van der Waals surface area contributed by atoms with Gasteiger partial charge in [-0.15, -0.1) is 0 Å². The zero-order valence-corrected chi connectivity index (χ0v) is 50.7. The van der Waals surface area contributed by atoms with E-state index in [4.69, 9.17) is 14.2 Å². The van der Waals surface area contributed by atoms with Crippen molar-refractivity contribution in [3.63, 3.8) is 0 Å². The highest BCUT2D eigenvalue weighted by Gasteiger charge is 2.19. The van der Waals surface area contributed by atoms with Crippen LogP contribution in [-0.4, -0.2) is 37.2 Å². The summed E-state index contributed by atoms with van der Waals surface area (Å²) in [6, 6.07) is 0. The molecule has 0 fully saturated rings. The Morgan fingerprint density at radius 2 is 0.365 bits per heavy atom. The van der Waals surface area contributed by atoms with Crippen molar-refractivity contribution in [2.24, 2.45) is 0 Å². The summed E-state index contributed by atoms with van der Waals surface area (Å²) >= 11 is 0. The van der Waals surface area contributed by atoms with Crippen LogP contribution in [0.3, 0.4) is 0 Å².